The zero-order valence-electron chi connectivity index (χ0n) is 22.3. The Hall–Kier alpha value is -3.81. The summed E-state index contributed by atoms with van der Waals surface area (Å²) in [6, 6.07) is 5.15. The molecule has 2 heterocycles. The van der Waals surface area contributed by atoms with Crippen LogP contribution in [0.25, 0.3) is 11.0 Å². The maximum absolute atomic E-state index is 14.9. The van der Waals surface area contributed by atoms with Gasteiger partial charge < -0.3 is 14.2 Å². The number of rotatable bonds is 7. The fourth-order valence-corrected chi connectivity index (χ4v) is 3.94. The van der Waals surface area contributed by atoms with E-state index in [-0.39, 0.29) is 35.7 Å². The van der Waals surface area contributed by atoms with Gasteiger partial charge in [0.15, 0.2) is 5.69 Å². The predicted octanol–water partition coefficient (Wildman–Crippen LogP) is 4.98. The number of carbonyl (C=O) groups is 2. The van der Waals surface area contributed by atoms with E-state index in [9.17, 15) is 23.6 Å². The van der Waals surface area contributed by atoms with Gasteiger partial charge in [0.05, 0.1) is 35.8 Å². The maximum Gasteiger partial charge on any atom is 0.411 e. The van der Waals surface area contributed by atoms with Crippen LogP contribution in [0.2, 0.25) is 0 Å². The fourth-order valence-electron chi connectivity index (χ4n) is 3.94. The lowest BCUT2D eigenvalue weighted by Crippen LogP contribution is -2.46. The van der Waals surface area contributed by atoms with Gasteiger partial charge in [0.2, 0.25) is 5.88 Å². The largest absolute Gasteiger partial charge is 0.471 e. The van der Waals surface area contributed by atoms with Crippen molar-refractivity contribution in [2.24, 2.45) is 11.8 Å². The van der Waals surface area contributed by atoms with E-state index in [0.29, 0.717) is 6.08 Å². The minimum absolute atomic E-state index is 0.0625. The molecule has 204 valence electrons. The minimum Gasteiger partial charge on any atom is -0.471 e. The average Bonchev–Trinajstić information content (AvgIpc) is 3.16. The van der Waals surface area contributed by atoms with Crippen LogP contribution in [0.15, 0.2) is 30.9 Å². The van der Waals surface area contributed by atoms with E-state index in [2.05, 4.69) is 16.5 Å². The number of likely N-dealkylation sites (tertiary alicyclic amines) is 1. The number of allylic oxidation sites excluding steroid dienone is 1. The van der Waals surface area contributed by atoms with Gasteiger partial charge in [-0.05, 0) is 51.0 Å². The third kappa shape index (κ3) is 6.36. The highest BCUT2D eigenvalue weighted by Gasteiger charge is 2.50. The maximum atomic E-state index is 14.9. The van der Waals surface area contributed by atoms with Crippen molar-refractivity contribution in [2.75, 3.05) is 13.2 Å². The molecular formula is C27H32F2N4O5. The summed E-state index contributed by atoms with van der Waals surface area (Å²) in [6.07, 6.45) is -1.26. The molecule has 1 aromatic heterocycles. The Kier molecular flexibility index (Phi) is 8.24. The first-order chi connectivity index (χ1) is 17.7. The Morgan fingerprint density at radius 3 is 2.53 bits per heavy atom. The Morgan fingerprint density at radius 2 is 1.95 bits per heavy atom. The van der Waals surface area contributed by atoms with Crippen molar-refractivity contribution in [1.82, 2.24) is 14.9 Å². The number of hydrogen-bond acceptors (Lipinski definition) is 8. The van der Waals surface area contributed by atoms with Crippen LogP contribution in [-0.2, 0) is 20.2 Å². The lowest BCUT2D eigenvalue weighted by atomic mass is 10.0. The summed E-state index contributed by atoms with van der Waals surface area (Å²) in [6.45, 7) is 13.7. The van der Waals surface area contributed by atoms with Crippen LogP contribution in [0.4, 0.5) is 13.6 Å². The number of carbonyl (C=O) groups excluding carboxylic acids is 2. The van der Waals surface area contributed by atoms with Gasteiger partial charge in [0.25, 0.3) is 0 Å². The van der Waals surface area contributed by atoms with E-state index >= 15 is 0 Å². The van der Waals surface area contributed by atoms with Gasteiger partial charge in [-0.2, -0.15) is 14.0 Å². The third-order valence-electron chi connectivity index (χ3n) is 5.82. The first-order valence-electron chi connectivity index (χ1n) is 12.2. The molecule has 0 saturated carbocycles. The van der Waals surface area contributed by atoms with Crippen molar-refractivity contribution in [2.45, 2.75) is 65.2 Å². The number of amides is 1. The normalized spacial score (nSPS) is 19.8. The molecule has 1 saturated heterocycles. The Balaban J connectivity index is 2.03. The molecule has 3 atom stereocenters. The number of ether oxygens (including phenoxy) is 3. The molecule has 1 amide bonds. The predicted molar refractivity (Wildman–Crippen MR) is 134 cm³/mol. The Labute approximate surface area is 220 Å². The van der Waals surface area contributed by atoms with Crippen LogP contribution in [0.5, 0.6) is 5.88 Å². The van der Waals surface area contributed by atoms with Crippen molar-refractivity contribution in [3.63, 3.8) is 0 Å². The molecular weight excluding hydrogens is 498 g/mol. The molecule has 0 unspecified atom stereocenters. The second kappa shape index (κ2) is 10.9. The smallest absolute Gasteiger partial charge is 0.411 e. The van der Waals surface area contributed by atoms with Gasteiger partial charge in [-0.3, -0.25) is 4.90 Å². The van der Waals surface area contributed by atoms with Gasteiger partial charge in [-0.15, -0.1) is 0 Å². The molecule has 1 aromatic carbocycles. The van der Waals surface area contributed by atoms with Crippen molar-refractivity contribution >= 4 is 23.1 Å². The van der Waals surface area contributed by atoms with E-state index in [1.165, 1.54) is 23.1 Å². The lowest BCUT2D eigenvalue weighted by molar-refractivity contribution is -0.151. The fraction of sp³-hybridized carbons (Fsp3) is 0.519. The molecule has 0 aliphatic carbocycles. The third-order valence-corrected chi connectivity index (χ3v) is 5.82. The molecule has 3 rings (SSSR count). The highest BCUT2D eigenvalue weighted by molar-refractivity contribution is 5.83. The number of benzene rings is 1. The first kappa shape index (κ1) is 28.8. The minimum atomic E-state index is -3.59. The SMILES string of the molecule is C=CC(F)(F)c1nc2ccc(C#N)cc2nc1O[C@H]1CN(C(=O)OC(C)(C)C)[C@H](C(=O)OCC(C)C)[C@@H]1C. The Morgan fingerprint density at radius 1 is 1.26 bits per heavy atom. The van der Waals surface area contributed by atoms with Crippen LogP contribution in [0.1, 0.15) is 52.8 Å². The molecule has 0 bridgehead atoms. The van der Waals surface area contributed by atoms with Gasteiger partial charge in [-0.25, -0.2) is 19.6 Å². The van der Waals surface area contributed by atoms with Crippen LogP contribution in [0, 0.1) is 23.2 Å². The molecule has 38 heavy (non-hydrogen) atoms. The molecule has 0 N–H and O–H groups in total. The monoisotopic (exact) mass is 530 g/mol. The van der Waals surface area contributed by atoms with Crippen LogP contribution in [-0.4, -0.2) is 57.8 Å². The molecule has 1 fully saturated rings. The van der Waals surface area contributed by atoms with Gasteiger partial charge in [0.1, 0.15) is 17.7 Å². The topological polar surface area (TPSA) is 115 Å². The van der Waals surface area contributed by atoms with Gasteiger partial charge in [0, 0.05) is 5.92 Å². The Bertz CT molecular complexity index is 1270. The summed E-state index contributed by atoms with van der Waals surface area (Å²) in [4.78, 5) is 35.5. The number of alkyl halides is 2. The number of nitriles is 1. The zero-order chi connectivity index (χ0) is 28.4. The number of hydrogen-bond donors (Lipinski definition) is 0. The first-order valence-corrected chi connectivity index (χ1v) is 12.2. The summed E-state index contributed by atoms with van der Waals surface area (Å²) in [5, 5.41) is 9.22. The van der Waals surface area contributed by atoms with Crippen LogP contribution < -0.4 is 4.74 Å². The highest BCUT2D eigenvalue weighted by atomic mass is 19.3. The van der Waals surface area contributed by atoms with Crippen molar-refractivity contribution < 1.29 is 32.6 Å². The van der Waals surface area contributed by atoms with E-state index in [4.69, 9.17) is 14.2 Å². The molecule has 11 heteroatoms. The lowest BCUT2D eigenvalue weighted by Gasteiger charge is -2.28. The molecule has 9 nitrogen and oxygen atoms in total. The number of halogens is 2. The molecule has 1 aliphatic heterocycles. The van der Waals surface area contributed by atoms with Crippen LogP contribution >= 0.6 is 0 Å². The number of aromatic nitrogens is 2. The average molecular weight is 531 g/mol. The molecule has 0 spiro atoms. The summed E-state index contributed by atoms with van der Waals surface area (Å²) < 4.78 is 46.6. The summed E-state index contributed by atoms with van der Waals surface area (Å²) in [5.41, 5.74) is -1.04. The molecule has 2 aromatic rings. The van der Waals surface area contributed by atoms with Crippen molar-refractivity contribution in [1.29, 1.82) is 5.26 Å². The van der Waals surface area contributed by atoms with E-state index in [1.807, 2.05) is 19.9 Å². The second-order valence-corrected chi connectivity index (χ2v) is 10.6. The van der Waals surface area contributed by atoms with Crippen molar-refractivity contribution in [3.05, 3.63) is 42.1 Å². The van der Waals surface area contributed by atoms with E-state index < -0.39 is 53.2 Å². The van der Waals surface area contributed by atoms with E-state index in [1.54, 1.807) is 27.7 Å². The van der Waals surface area contributed by atoms with Crippen molar-refractivity contribution in [3.8, 4) is 11.9 Å². The second-order valence-electron chi connectivity index (χ2n) is 10.6. The number of nitrogens with zero attached hydrogens (tertiary/aromatic N) is 4. The van der Waals surface area contributed by atoms with Crippen LogP contribution in [0.3, 0.4) is 0 Å². The van der Waals surface area contributed by atoms with Gasteiger partial charge in [-0.1, -0.05) is 27.4 Å². The number of fused-ring (bicyclic) bond motifs is 1. The summed E-state index contributed by atoms with van der Waals surface area (Å²) >= 11 is 0. The highest BCUT2D eigenvalue weighted by Crippen LogP contribution is 2.37. The zero-order valence-corrected chi connectivity index (χ0v) is 22.3. The molecule has 0 radical (unpaired) electrons. The standard InChI is InChI=1S/C27H32F2N4O5/c1-8-27(28,29)22-23(32-19-11-17(12-30)9-10-18(19)31-22)37-20-13-33(25(35)38-26(5,6)7)21(16(20)4)24(34)36-14-15(2)3/h8-11,15-16,20-21H,1,13-14H2,2-7H3/t16-,20+,21+/m1/s1. The quantitative estimate of drug-likeness (QED) is 0.364. The van der Waals surface area contributed by atoms with Gasteiger partial charge >= 0.3 is 18.0 Å². The number of esters is 1. The summed E-state index contributed by atoms with van der Waals surface area (Å²) in [7, 11) is 0. The molecule has 1 aliphatic rings. The summed E-state index contributed by atoms with van der Waals surface area (Å²) in [5.74, 6) is -5.34. The van der Waals surface area contributed by atoms with E-state index in [0.717, 1.165) is 0 Å².